The normalized spacial score (nSPS) is 19.1. The lowest BCUT2D eigenvalue weighted by Gasteiger charge is -2.38. The number of carbonyl (C=O) groups excluding carboxylic acids is 1. The minimum absolute atomic E-state index is 0.0351. The second kappa shape index (κ2) is 7.91. The Morgan fingerprint density at radius 1 is 1.12 bits per heavy atom. The third-order valence-electron chi connectivity index (χ3n) is 6.92. The highest BCUT2D eigenvalue weighted by Crippen LogP contribution is 2.50. The van der Waals surface area contributed by atoms with Crippen molar-refractivity contribution >= 4 is 34.3 Å². The number of H-pyrrole nitrogens is 2. The van der Waals surface area contributed by atoms with Gasteiger partial charge in [-0.1, -0.05) is 56.8 Å². The van der Waals surface area contributed by atoms with Gasteiger partial charge in [0, 0.05) is 46.0 Å². The van der Waals surface area contributed by atoms with Gasteiger partial charge in [-0.2, -0.15) is 0 Å². The number of benzene rings is 2. The first kappa shape index (κ1) is 21.3. The SMILES string of the molecule is CCc1[nH]cc2c1NC1=C(C(=O)CC(C)(C)C1)C2c1cccc(Sc2nc3ccccc3[nH]2)c1. The molecule has 6 heteroatoms. The summed E-state index contributed by atoms with van der Waals surface area (Å²) >= 11 is 1.62. The number of carbonyl (C=O) groups is 1. The molecule has 0 fully saturated rings. The molecule has 2 aromatic carbocycles. The lowest BCUT2D eigenvalue weighted by atomic mass is 9.69. The number of nitrogens with zero attached hydrogens (tertiary/aromatic N) is 1. The third kappa shape index (κ3) is 3.57. The molecule has 6 rings (SSSR count). The van der Waals surface area contributed by atoms with Crippen LogP contribution < -0.4 is 5.32 Å². The quantitative estimate of drug-likeness (QED) is 0.308. The summed E-state index contributed by atoms with van der Waals surface area (Å²) in [6.45, 7) is 6.53. The number of hydrogen-bond donors (Lipinski definition) is 3. The molecule has 0 saturated heterocycles. The van der Waals surface area contributed by atoms with Gasteiger partial charge in [0.25, 0.3) is 0 Å². The van der Waals surface area contributed by atoms with Crippen molar-refractivity contribution in [3.8, 4) is 0 Å². The number of anilines is 1. The molecule has 0 saturated carbocycles. The highest BCUT2D eigenvalue weighted by molar-refractivity contribution is 7.99. The van der Waals surface area contributed by atoms with Crippen LogP contribution in [0.1, 0.15) is 56.4 Å². The van der Waals surface area contributed by atoms with E-state index in [9.17, 15) is 4.79 Å². The van der Waals surface area contributed by atoms with Crippen LogP contribution in [0, 0.1) is 5.41 Å². The van der Waals surface area contributed by atoms with Crippen LogP contribution in [0.5, 0.6) is 0 Å². The van der Waals surface area contributed by atoms with Gasteiger partial charge in [0.1, 0.15) is 0 Å². The van der Waals surface area contributed by atoms with Crippen LogP contribution in [0.3, 0.4) is 0 Å². The second-order valence-electron chi connectivity index (χ2n) is 10.1. The van der Waals surface area contributed by atoms with Gasteiger partial charge in [-0.25, -0.2) is 4.98 Å². The van der Waals surface area contributed by atoms with Crippen LogP contribution in [-0.4, -0.2) is 20.7 Å². The van der Waals surface area contributed by atoms with Gasteiger partial charge in [0.2, 0.25) is 0 Å². The largest absolute Gasteiger partial charge is 0.363 e. The zero-order valence-corrected chi connectivity index (χ0v) is 20.5. The Morgan fingerprint density at radius 2 is 1.97 bits per heavy atom. The molecule has 1 atom stereocenters. The topological polar surface area (TPSA) is 73.6 Å². The molecule has 3 N–H and O–H groups in total. The van der Waals surface area contributed by atoms with Crippen LogP contribution in [0.25, 0.3) is 11.0 Å². The molecule has 1 aliphatic heterocycles. The summed E-state index contributed by atoms with van der Waals surface area (Å²) in [6, 6.07) is 16.6. The fraction of sp³-hybridized carbons (Fsp3) is 0.286. The molecule has 5 nitrogen and oxygen atoms in total. The van der Waals surface area contributed by atoms with E-state index >= 15 is 0 Å². The monoisotopic (exact) mass is 468 g/mol. The van der Waals surface area contributed by atoms with Gasteiger partial charge in [-0.05, 0) is 48.1 Å². The van der Waals surface area contributed by atoms with E-state index in [1.165, 1.54) is 5.69 Å². The molecule has 2 aromatic heterocycles. The molecule has 1 unspecified atom stereocenters. The second-order valence-corrected chi connectivity index (χ2v) is 11.1. The standard InChI is InChI=1S/C28H28N4OS/c1-4-19-26-18(15-29-19)24(25-22(30-26)13-28(2,3)14-23(25)33)16-8-7-9-17(12-16)34-27-31-20-10-5-6-11-21(20)32-27/h5-12,15,24,29-30H,4,13-14H2,1-3H3,(H,31,32). The number of Topliss-reactive ketones (excluding diaryl/α,β-unsaturated/α-hetero) is 1. The lowest BCUT2D eigenvalue weighted by molar-refractivity contribution is -0.118. The Balaban J connectivity index is 1.43. The predicted octanol–water partition coefficient (Wildman–Crippen LogP) is 6.81. The molecule has 34 heavy (non-hydrogen) atoms. The molecule has 2 aliphatic rings. The Kier molecular flexibility index (Phi) is 4.96. The first-order chi connectivity index (χ1) is 16.4. The first-order valence-corrected chi connectivity index (χ1v) is 12.7. The third-order valence-corrected chi connectivity index (χ3v) is 7.79. The van der Waals surface area contributed by atoms with Crippen molar-refractivity contribution in [2.75, 3.05) is 5.32 Å². The smallest absolute Gasteiger partial charge is 0.171 e. The van der Waals surface area contributed by atoms with Gasteiger partial charge < -0.3 is 15.3 Å². The Hall–Kier alpha value is -3.25. The van der Waals surface area contributed by atoms with Crippen molar-refractivity contribution in [1.82, 2.24) is 15.0 Å². The maximum Gasteiger partial charge on any atom is 0.171 e. The highest BCUT2D eigenvalue weighted by Gasteiger charge is 2.41. The van der Waals surface area contributed by atoms with Gasteiger partial charge in [0.15, 0.2) is 10.9 Å². The number of aromatic amines is 2. The van der Waals surface area contributed by atoms with E-state index < -0.39 is 0 Å². The maximum atomic E-state index is 13.5. The van der Waals surface area contributed by atoms with Crippen LogP contribution in [0.15, 0.2) is 76.0 Å². The predicted molar refractivity (Wildman–Crippen MR) is 137 cm³/mol. The molecular weight excluding hydrogens is 440 g/mol. The fourth-order valence-corrected chi connectivity index (χ4v) is 6.29. The number of hydrogen-bond acceptors (Lipinski definition) is 4. The molecular formula is C28H28N4OS. The number of aromatic nitrogens is 3. The molecule has 4 aromatic rings. The summed E-state index contributed by atoms with van der Waals surface area (Å²) in [5.41, 5.74) is 8.63. The van der Waals surface area contributed by atoms with Gasteiger partial charge in [-0.3, -0.25) is 4.79 Å². The number of imidazole rings is 1. The summed E-state index contributed by atoms with van der Waals surface area (Å²) in [5, 5.41) is 4.53. The van der Waals surface area contributed by atoms with Crippen molar-refractivity contribution in [1.29, 1.82) is 0 Å². The lowest BCUT2D eigenvalue weighted by Crippen LogP contribution is -2.33. The van der Waals surface area contributed by atoms with Crippen LogP contribution in [0.2, 0.25) is 0 Å². The van der Waals surface area contributed by atoms with Gasteiger partial charge in [0.05, 0.1) is 16.7 Å². The first-order valence-electron chi connectivity index (χ1n) is 11.9. The number of ketones is 1. The Morgan fingerprint density at radius 3 is 2.79 bits per heavy atom. The Bertz CT molecular complexity index is 1430. The van der Waals surface area contributed by atoms with E-state index in [0.717, 1.165) is 62.0 Å². The van der Waals surface area contributed by atoms with E-state index in [0.29, 0.717) is 6.42 Å². The van der Waals surface area contributed by atoms with E-state index in [-0.39, 0.29) is 17.1 Å². The number of aryl methyl sites for hydroxylation is 1. The number of para-hydroxylation sites is 2. The molecule has 1 aliphatic carbocycles. The van der Waals surface area contributed by atoms with Crippen LogP contribution in [0.4, 0.5) is 5.69 Å². The van der Waals surface area contributed by atoms with E-state index in [1.807, 2.05) is 24.3 Å². The minimum atomic E-state index is -0.0670. The summed E-state index contributed by atoms with van der Waals surface area (Å²) in [4.78, 5) is 26.2. The highest BCUT2D eigenvalue weighted by atomic mass is 32.2. The number of rotatable bonds is 4. The van der Waals surface area contributed by atoms with Gasteiger partial charge >= 0.3 is 0 Å². The van der Waals surface area contributed by atoms with Crippen LogP contribution in [-0.2, 0) is 11.2 Å². The van der Waals surface area contributed by atoms with Crippen LogP contribution >= 0.6 is 11.8 Å². The van der Waals surface area contributed by atoms with Crippen molar-refractivity contribution in [3.05, 3.63) is 82.8 Å². The van der Waals surface area contributed by atoms with E-state index in [4.69, 9.17) is 4.98 Å². The average molecular weight is 469 g/mol. The Labute approximate surface area is 203 Å². The molecule has 0 amide bonds. The zero-order valence-electron chi connectivity index (χ0n) is 19.7. The number of fused-ring (bicyclic) bond motifs is 2. The minimum Gasteiger partial charge on any atom is -0.363 e. The summed E-state index contributed by atoms with van der Waals surface area (Å²) in [7, 11) is 0. The van der Waals surface area contributed by atoms with Crippen molar-refractivity contribution < 1.29 is 4.79 Å². The molecule has 0 spiro atoms. The number of nitrogens with one attached hydrogen (secondary N) is 3. The summed E-state index contributed by atoms with van der Waals surface area (Å²) in [6.07, 6.45) is 4.46. The molecule has 0 radical (unpaired) electrons. The van der Waals surface area contributed by atoms with E-state index in [1.54, 1.807) is 11.8 Å². The van der Waals surface area contributed by atoms with Crippen molar-refractivity contribution in [2.24, 2.45) is 5.41 Å². The number of allylic oxidation sites excluding steroid dienone is 2. The molecule has 0 bridgehead atoms. The molecule has 172 valence electrons. The zero-order chi connectivity index (χ0) is 23.4. The van der Waals surface area contributed by atoms with E-state index in [2.05, 4.69) is 66.5 Å². The summed E-state index contributed by atoms with van der Waals surface area (Å²) < 4.78 is 0. The molecule has 3 heterocycles. The summed E-state index contributed by atoms with van der Waals surface area (Å²) in [5.74, 6) is 0.187. The van der Waals surface area contributed by atoms with Gasteiger partial charge in [-0.15, -0.1) is 0 Å². The van der Waals surface area contributed by atoms with Crippen molar-refractivity contribution in [2.45, 2.75) is 56.0 Å². The maximum absolute atomic E-state index is 13.5. The average Bonchev–Trinajstić information content (AvgIpc) is 3.40. The van der Waals surface area contributed by atoms with Crippen molar-refractivity contribution in [3.63, 3.8) is 0 Å². The fourth-order valence-electron chi connectivity index (χ4n) is 5.42.